The molecule has 0 aliphatic heterocycles. The van der Waals surface area contributed by atoms with E-state index in [0.29, 0.717) is 13.0 Å². The predicted octanol–water partition coefficient (Wildman–Crippen LogP) is 1.76. The maximum Gasteiger partial charge on any atom is 0.165 e. The zero-order valence-corrected chi connectivity index (χ0v) is 7.59. The highest BCUT2D eigenvalue weighted by Crippen LogP contribution is 2.18. The van der Waals surface area contributed by atoms with Crippen LogP contribution in [0.5, 0.6) is 5.75 Å². The van der Waals surface area contributed by atoms with E-state index in [1.54, 1.807) is 19.1 Å². The largest absolute Gasteiger partial charge is 0.491 e. The Bertz CT molecular complexity index is 274. The summed E-state index contributed by atoms with van der Waals surface area (Å²) in [6.45, 7) is 2.30. The van der Waals surface area contributed by atoms with Crippen LogP contribution in [-0.2, 0) is 6.42 Å². The average molecular weight is 184 g/mol. The number of ether oxygens (including phenoxy) is 1. The summed E-state index contributed by atoms with van der Waals surface area (Å²) in [6, 6.07) is 4.73. The molecule has 0 saturated carbocycles. The molecule has 72 valence electrons. The van der Waals surface area contributed by atoms with Crippen molar-refractivity contribution in [1.82, 2.24) is 0 Å². The summed E-state index contributed by atoms with van der Waals surface area (Å²) in [5.74, 6) is -0.100. The Kier molecular flexibility index (Phi) is 3.71. The third kappa shape index (κ3) is 2.70. The monoisotopic (exact) mass is 184 g/mol. The molecular formula is C10H13FO2. The second kappa shape index (κ2) is 4.82. The highest BCUT2D eigenvalue weighted by molar-refractivity contribution is 5.29. The van der Waals surface area contributed by atoms with Crippen LogP contribution in [0.2, 0.25) is 0 Å². The van der Waals surface area contributed by atoms with Gasteiger partial charge in [0.05, 0.1) is 6.61 Å². The van der Waals surface area contributed by atoms with Crippen LogP contribution >= 0.6 is 0 Å². The lowest BCUT2D eigenvalue weighted by atomic mass is 10.1. The van der Waals surface area contributed by atoms with Crippen LogP contribution in [0.3, 0.4) is 0 Å². The van der Waals surface area contributed by atoms with E-state index in [9.17, 15) is 4.39 Å². The highest BCUT2D eigenvalue weighted by Gasteiger charge is 2.03. The predicted molar refractivity (Wildman–Crippen MR) is 48.4 cm³/mol. The van der Waals surface area contributed by atoms with Gasteiger partial charge in [-0.25, -0.2) is 4.39 Å². The number of halogens is 1. The van der Waals surface area contributed by atoms with Crippen molar-refractivity contribution < 1.29 is 14.2 Å². The van der Waals surface area contributed by atoms with Crippen LogP contribution < -0.4 is 4.74 Å². The molecule has 0 aliphatic rings. The lowest BCUT2D eigenvalue weighted by Crippen LogP contribution is -1.97. The number of aliphatic hydroxyl groups excluding tert-OH is 1. The summed E-state index contributed by atoms with van der Waals surface area (Å²) in [7, 11) is 0. The molecule has 0 spiro atoms. The van der Waals surface area contributed by atoms with Crippen LogP contribution in [0.15, 0.2) is 18.2 Å². The zero-order valence-electron chi connectivity index (χ0n) is 7.59. The Labute approximate surface area is 77.0 Å². The van der Waals surface area contributed by atoms with Gasteiger partial charge in [-0.1, -0.05) is 6.07 Å². The second-order valence-corrected chi connectivity index (χ2v) is 2.67. The van der Waals surface area contributed by atoms with Gasteiger partial charge in [0, 0.05) is 6.61 Å². The minimum Gasteiger partial charge on any atom is -0.491 e. The maximum atomic E-state index is 13.2. The normalized spacial score (nSPS) is 10.1. The molecule has 0 aliphatic carbocycles. The van der Waals surface area contributed by atoms with E-state index in [1.165, 1.54) is 6.07 Å². The van der Waals surface area contributed by atoms with Gasteiger partial charge in [-0.15, -0.1) is 0 Å². The first-order valence-corrected chi connectivity index (χ1v) is 4.30. The molecule has 0 atom stereocenters. The van der Waals surface area contributed by atoms with Crippen molar-refractivity contribution in [2.24, 2.45) is 0 Å². The van der Waals surface area contributed by atoms with Gasteiger partial charge in [-0.2, -0.15) is 0 Å². The number of hydrogen-bond acceptors (Lipinski definition) is 2. The average Bonchev–Trinajstić information content (AvgIpc) is 2.10. The molecule has 0 unspecified atom stereocenters. The second-order valence-electron chi connectivity index (χ2n) is 2.67. The van der Waals surface area contributed by atoms with E-state index in [1.807, 2.05) is 0 Å². The van der Waals surface area contributed by atoms with Crippen molar-refractivity contribution in [3.8, 4) is 5.75 Å². The van der Waals surface area contributed by atoms with Gasteiger partial charge in [0.2, 0.25) is 0 Å². The summed E-state index contributed by atoms with van der Waals surface area (Å²) in [5.41, 5.74) is 0.781. The third-order valence-corrected chi connectivity index (χ3v) is 1.70. The Morgan fingerprint density at radius 3 is 2.77 bits per heavy atom. The van der Waals surface area contributed by atoms with Gasteiger partial charge in [0.1, 0.15) is 0 Å². The summed E-state index contributed by atoms with van der Waals surface area (Å²) in [6.07, 6.45) is 0.476. The van der Waals surface area contributed by atoms with E-state index < -0.39 is 0 Å². The fourth-order valence-electron chi connectivity index (χ4n) is 1.10. The Hall–Kier alpha value is -1.09. The third-order valence-electron chi connectivity index (χ3n) is 1.70. The Morgan fingerprint density at radius 2 is 2.23 bits per heavy atom. The number of rotatable bonds is 4. The van der Waals surface area contributed by atoms with E-state index in [2.05, 4.69) is 0 Å². The van der Waals surface area contributed by atoms with Crippen LogP contribution in [0.4, 0.5) is 4.39 Å². The van der Waals surface area contributed by atoms with Gasteiger partial charge in [0.25, 0.3) is 0 Å². The minimum absolute atomic E-state index is 0.0351. The molecule has 2 nitrogen and oxygen atoms in total. The lowest BCUT2D eigenvalue weighted by Gasteiger charge is -2.05. The zero-order chi connectivity index (χ0) is 9.68. The van der Waals surface area contributed by atoms with E-state index in [4.69, 9.17) is 9.84 Å². The van der Waals surface area contributed by atoms with Gasteiger partial charge in [-0.3, -0.25) is 0 Å². The summed E-state index contributed by atoms with van der Waals surface area (Å²) < 4.78 is 18.2. The van der Waals surface area contributed by atoms with E-state index in [0.717, 1.165) is 5.56 Å². The molecule has 0 bridgehead atoms. The molecule has 1 aromatic rings. The maximum absolute atomic E-state index is 13.2. The number of aliphatic hydroxyl groups is 1. The molecule has 1 N–H and O–H groups in total. The molecule has 1 rings (SSSR count). The summed E-state index contributed by atoms with van der Waals surface area (Å²) >= 11 is 0. The molecule has 0 aromatic heterocycles. The fourth-order valence-corrected chi connectivity index (χ4v) is 1.10. The van der Waals surface area contributed by atoms with Crippen LogP contribution in [0, 0.1) is 5.82 Å². The molecular weight excluding hydrogens is 171 g/mol. The van der Waals surface area contributed by atoms with Crippen molar-refractivity contribution in [3.05, 3.63) is 29.6 Å². The van der Waals surface area contributed by atoms with Gasteiger partial charge in [0.15, 0.2) is 11.6 Å². The Morgan fingerprint density at radius 1 is 1.46 bits per heavy atom. The number of hydrogen-bond donors (Lipinski definition) is 1. The molecule has 0 amide bonds. The molecule has 0 radical (unpaired) electrons. The van der Waals surface area contributed by atoms with Gasteiger partial charge < -0.3 is 9.84 Å². The van der Waals surface area contributed by atoms with Crippen molar-refractivity contribution in [2.75, 3.05) is 13.2 Å². The Balaban J connectivity index is 2.79. The van der Waals surface area contributed by atoms with E-state index >= 15 is 0 Å². The van der Waals surface area contributed by atoms with Crippen molar-refractivity contribution in [3.63, 3.8) is 0 Å². The van der Waals surface area contributed by atoms with Crippen LogP contribution in [-0.4, -0.2) is 18.3 Å². The molecule has 0 heterocycles. The van der Waals surface area contributed by atoms with E-state index in [-0.39, 0.29) is 18.2 Å². The minimum atomic E-state index is -0.368. The molecule has 13 heavy (non-hydrogen) atoms. The molecule has 0 saturated heterocycles. The smallest absolute Gasteiger partial charge is 0.165 e. The molecule has 1 aromatic carbocycles. The van der Waals surface area contributed by atoms with Gasteiger partial charge in [-0.05, 0) is 31.0 Å². The lowest BCUT2D eigenvalue weighted by molar-refractivity contribution is 0.298. The fraction of sp³-hybridized carbons (Fsp3) is 0.400. The van der Waals surface area contributed by atoms with Crippen molar-refractivity contribution in [2.45, 2.75) is 13.3 Å². The topological polar surface area (TPSA) is 29.5 Å². The molecule has 3 heteroatoms. The van der Waals surface area contributed by atoms with Crippen LogP contribution in [0.1, 0.15) is 12.5 Å². The first-order chi connectivity index (χ1) is 6.27. The quantitative estimate of drug-likeness (QED) is 0.772. The first-order valence-electron chi connectivity index (χ1n) is 4.30. The summed E-state index contributed by atoms with van der Waals surface area (Å²) in [4.78, 5) is 0. The van der Waals surface area contributed by atoms with Crippen molar-refractivity contribution >= 4 is 0 Å². The summed E-state index contributed by atoms with van der Waals surface area (Å²) in [5, 5.41) is 8.63. The molecule has 0 fully saturated rings. The highest BCUT2D eigenvalue weighted by atomic mass is 19.1. The SMILES string of the molecule is CCOc1ccc(CCO)cc1F. The van der Waals surface area contributed by atoms with Gasteiger partial charge >= 0.3 is 0 Å². The van der Waals surface area contributed by atoms with Crippen LogP contribution in [0.25, 0.3) is 0 Å². The van der Waals surface area contributed by atoms with Crippen molar-refractivity contribution in [1.29, 1.82) is 0 Å². The standard InChI is InChI=1S/C10H13FO2/c1-2-13-10-4-3-8(5-6-12)7-9(10)11/h3-4,7,12H,2,5-6H2,1H3. The number of benzene rings is 1. The first kappa shape index (κ1) is 9.99.